The number of halogens is 1. The first-order valence-corrected chi connectivity index (χ1v) is 16.3. The van der Waals surface area contributed by atoms with Gasteiger partial charge in [0.1, 0.15) is 17.4 Å². The van der Waals surface area contributed by atoms with Crippen molar-refractivity contribution in [3.8, 4) is 28.3 Å². The van der Waals surface area contributed by atoms with E-state index in [1.807, 2.05) is 43.3 Å². The Morgan fingerprint density at radius 2 is 1.62 bits per heavy atom. The Bertz CT molecular complexity index is 2000. The molecule has 0 saturated carbocycles. The van der Waals surface area contributed by atoms with Crippen LogP contribution in [0.15, 0.2) is 101 Å². The molecule has 9 nitrogen and oxygen atoms in total. The highest BCUT2D eigenvalue weighted by molar-refractivity contribution is 7.90. The van der Waals surface area contributed by atoms with E-state index in [2.05, 4.69) is 5.10 Å². The molecule has 0 radical (unpaired) electrons. The molecule has 1 heterocycles. The lowest BCUT2D eigenvalue weighted by atomic mass is 9.98. The number of aromatic nitrogens is 3. The molecule has 5 aromatic rings. The first kappa shape index (κ1) is 31.4. The summed E-state index contributed by atoms with van der Waals surface area (Å²) >= 11 is 0. The highest BCUT2D eigenvalue weighted by Gasteiger charge is 2.19. The molecule has 0 aliphatic rings. The third kappa shape index (κ3) is 7.21. The summed E-state index contributed by atoms with van der Waals surface area (Å²) in [5.41, 5.74) is 3.35. The van der Waals surface area contributed by atoms with Crippen molar-refractivity contribution >= 4 is 15.8 Å². The summed E-state index contributed by atoms with van der Waals surface area (Å²) in [6, 6.07) is 25.2. The highest BCUT2D eigenvalue weighted by Crippen LogP contribution is 2.28. The molecule has 5 rings (SSSR count). The lowest BCUT2D eigenvalue weighted by Crippen LogP contribution is -2.24. The van der Waals surface area contributed by atoms with E-state index in [-0.39, 0.29) is 17.0 Å². The lowest BCUT2D eigenvalue weighted by molar-refractivity contribution is -0.136. The fourth-order valence-corrected chi connectivity index (χ4v) is 5.75. The van der Waals surface area contributed by atoms with Crippen molar-refractivity contribution in [3.63, 3.8) is 0 Å². The highest BCUT2D eigenvalue weighted by atomic mass is 32.2. The summed E-state index contributed by atoms with van der Waals surface area (Å²) in [5, 5.41) is 13.8. The van der Waals surface area contributed by atoms with E-state index < -0.39 is 27.3 Å². The number of aliphatic carboxylic acids is 1. The van der Waals surface area contributed by atoms with Crippen LogP contribution in [-0.4, -0.2) is 46.7 Å². The summed E-state index contributed by atoms with van der Waals surface area (Å²) in [5.74, 6) is -0.570. The zero-order valence-corrected chi connectivity index (χ0v) is 25.6. The first-order chi connectivity index (χ1) is 21.5. The van der Waals surface area contributed by atoms with Crippen molar-refractivity contribution in [2.24, 2.45) is 0 Å². The molecular formula is C34H32FN3O6S. The van der Waals surface area contributed by atoms with Crippen LogP contribution in [0.4, 0.5) is 4.39 Å². The number of benzene rings is 4. The van der Waals surface area contributed by atoms with Crippen molar-refractivity contribution in [2.75, 3.05) is 12.9 Å². The van der Waals surface area contributed by atoms with E-state index in [0.717, 1.165) is 27.6 Å². The number of hydrogen-bond donors (Lipinski definition) is 1. The fraction of sp³-hybridized carbons (Fsp3) is 0.206. The minimum absolute atomic E-state index is 0.0819. The Kier molecular flexibility index (Phi) is 9.29. The molecule has 0 amide bonds. The number of para-hydroxylation sites is 1. The quantitative estimate of drug-likeness (QED) is 0.195. The minimum atomic E-state index is -3.42. The van der Waals surface area contributed by atoms with Gasteiger partial charge in [-0.1, -0.05) is 42.5 Å². The Hall–Kier alpha value is -5.03. The van der Waals surface area contributed by atoms with Gasteiger partial charge in [-0.2, -0.15) is 4.68 Å². The third-order valence-corrected chi connectivity index (χ3v) is 8.43. The van der Waals surface area contributed by atoms with E-state index in [9.17, 15) is 27.5 Å². The third-order valence-electron chi connectivity index (χ3n) is 7.30. The monoisotopic (exact) mass is 629 g/mol. The maximum absolute atomic E-state index is 14.8. The van der Waals surface area contributed by atoms with E-state index >= 15 is 0 Å². The average Bonchev–Trinajstić information content (AvgIpc) is 3.33. The second-order valence-electron chi connectivity index (χ2n) is 10.5. The van der Waals surface area contributed by atoms with Crippen LogP contribution in [0.1, 0.15) is 30.3 Å². The Labute approximate surface area is 260 Å². The standard InChI is InChI=1S/C34H32FN3O6S/c1-3-44-31-20-15-25(21-26(31)22-33(39)40)24-13-11-23(12-14-24)7-6-10-32-36-38(27-16-18-28(19-17-27)45(2,42)43)34(41)37(32)30-9-5-4-8-29(30)35/h4-5,8-9,11-21H,3,6-7,10,22H2,1-2H3,(H,39,40). The molecule has 1 aromatic heterocycles. The van der Waals surface area contributed by atoms with Crippen molar-refractivity contribution in [1.82, 2.24) is 14.3 Å². The van der Waals surface area contributed by atoms with Gasteiger partial charge in [-0.3, -0.25) is 4.79 Å². The van der Waals surface area contributed by atoms with Gasteiger partial charge in [0.25, 0.3) is 0 Å². The van der Waals surface area contributed by atoms with Crippen LogP contribution in [0, 0.1) is 5.82 Å². The predicted octanol–water partition coefficient (Wildman–Crippen LogP) is 5.43. The molecule has 4 aromatic carbocycles. The van der Waals surface area contributed by atoms with Crippen LogP contribution >= 0.6 is 0 Å². The van der Waals surface area contributed by atoms with Gasteiger partial charge in [-0.15, -0.1) is 5.10 Å². The molecule has 0 fully saturated rings. The van der Waals surface area contributed by atoms with Gasteiger partial charge >= 0.3 is 11.7 Å². The Morgan fingerprint density at radius 1 is 0.933 bits per heavy atom. The van der Waals surface area contributed by atoms with E-state index in [4.69, 9.17) is 4.74 Å². The SMILES string of the molecule is CCOc1ccc(-c2ccc(CCCc3nn(-c4ccc(S(C)(=O)=O)cc4)c(=O)n3-c3ccccc3F)cc2)cc1CC(=O)O. The first-order valence-electron chi connectivity index (χ1n) is 14.4. The Balaban J connectivity index is 1.36. The normalized spacial score (nSPS) is 11.4. The number of rotatable bonds is 12. The number of aryl methyl sites for hydroxylation is 2. The molecule has 0 spiro atoms. The number of hydrogen-bond acceptors (Lipinski definition) is 6. The zero-order valence-electron chi connectivity index (χ0n) is 24.8. The molecule has 0 bridgehead atoms. The van der Waals surface area contributed by atoms with Gasteiger partial charge in [0.05, 0.1) is 29.3 Å². The Morgan fingerprint density at radius 3 is 2.27 bits per heavy atom. The average molecular weight is 630 g/mol. The van der Waals surface area contributed by atoms with E-state index in [1.165, 1.54) is 41.0 Å². The smallest absolute Gasteiger partial charge is 0.355 e. The number of sulfone groups is 1. The van der Waals surface area contributed by atoms with Crippen LogP contribution < -0.4 is 10.4 Å². The van der Waals surface area contributed by atoms with Crippen molar-refractivity contribution in [3.05, 3.63) is 124 Å². The van der Waals surface area contributed by atoms with Crippen molar-refractivity contribution in [2.45, 2.75) is 37.5 Å². The largest absolute Gasteiger partial charge is 0.494 e. The number of nitrogens with zero attached hydrogens (tertiary/aromatic N) is 3. The molecule has 0 unspecified atom stereocenters. The summed E-state index contributed by atoms with van der Waals surface area (Å²) in [6.45, 7) is 2.29. The van der Waals surface area contributed by atoms with E-state index in [1.54, 1.807) is 18.2 Å². The fourth-order valence-electron chi connectivity index (χ4n) is 5.12. The van der Waals surface area contributed by atoms with Crippen LogP contribution in [0.3, 0.4) is 0 Å². The molecule has 1 N–H and O–H groups in total. The van der Waals surface area contributed by atoms with Gasteiger partial charge in [0.2, 0.25) is 0 Å². The topological polar surface area (TPSA) is 120 Å². The molecule has 11 heteroatoms. The summed E-state index contributed by atoms with van der Waals surface area (Å²) < 4.78 is 46.6. The molecule has 0 saturated heterocycles. The summed E-state index contributed by atoms with van der Waals surface area (Å²) in [6.07, 6.45) is 2.61. The molecular weight excluding hydrogens is 597 g/mol. The van der Waals surface area contributed by atoms with Crippen LogP contribution in [-0.2, 0) is 33.9 Å². The van der Waals surface area contributed by atoms with E-state index in [0.29, 0.717) is 48.7 Å². The number of carboxylic acid groups (broad SMARTS) is 1. The van der Waals surface area contributed by atoms with Gasteiger partial charge in [-0.05, 0) is 85.0 Å². The number of carbonyl (C=O) groups is 1. The number of carboxylic acids is 1. The second kappa shape index (κ2) is 13.3. The molecule has 232 valence electrons. The molecule has 0 aliphatic heterocycles. The lowest BCUT2D eigenvalue weighted by Gasteiger charge is -2.12. The molecule has 0 aliphatic carbocycles. The maximum atomic E-state index is 14.8. The van der Waals surface area contributed by atoms with Crippen molar-refractivity contribution < 1.29 is 27.4 Å². The molecule has 45 heavy (non-hydrogen) atoms. The van der Waals surface area contributed by atoms with Gasteiger partial charge < -0.3 is 9.84 Å². The maximum Gasteiger partial charge on any atom is 0.355 e. The summed E-state index contributed by atoms with van der Waals surface area (Å²) in [4.78, 5) is 25.0. The zero-order chi connectivity index (χ0) is 32.1. The van der Waals surface area contributed by atoms with Crippen molar-refractivity contribution in [1.29, 1.82) is 0 Å². The van der Waals surface area contributed by atoms with Crippen LogP contribution in [0.2, 0.25) is 0 Å². The van der Waals surface area contributed by atoms with Crippen LogP contribution in [0.25, 0.3) is 22.5 Å². The van der Waals surface area contributed by atoms with Crippen LogP contribution in [0.5, 0.6) is 5.75 Å². The van der Waals surface area contributed by atoms with Gasteiger partial charge in [0, 0.05) is 18.2 Å². The second-order valence-corrected chi connectivity index (χ2v) is 12.6. The minimum Gasteiger partial charge on any atom is -0.494 e. The molecule has 0 atom stereocenters. The predicted molar refractivity (Wildman–Crippen MR) is 169 cm³/mol. The summed E-state index contributed by atoms with van der Waals surface area (Å²) in [7, 11) is -3.42. The van der Waals surface area contributed by atoms with Gasteiger partial charge in [0.15, 0.2) is 9.84 Å². The van der Waals surface area contributed by atoms with Gasteiger partial charge in [-0.25, -0.2) is 22.2 Å². The number of ether oxygens (including phenoxy) is 1.